The summed E-state index contributed by atoms with van der Waals surface area (Å²) in [5, 5.41) is 13.0. The van der Waals surface area contributed by atoms with Crippen LogP contribution in [0.25, 0.3) is 0 Å². The van der Waals surface area contributed by atoms with E-state index in [0.29, 0.717) is 19.3 Å². The van der Waals surface area contributed by atoms with Crippen LogP contribution < -0.4 is 0 Å². The number of rotatable bonds is 7. The Bertz CT molecular complexity index is 872. The van der Waals surface area contributed by atoms with Crippen LogP contribution in [0, 0.1) is 6.92 Å². The third-order valence-corrected chi connectivity index (χ3v) is 5.03. The highest BCUT2D eigenvalue weighted by atomic mass is 16.5. The Kier molecular flexibility index (Phi) is 5.31. The number of benzene rings is 1. The lowest BCUT2D eigenvalue weighted by molar-refractivity contribution is 0.104. The van der Waals surface area contributed by atoms with E-state index in [0.717, 1.165) is 37.4 Å². The molecule has 0 bridgehead atoms. The maximum atomic E-state index is 5.76. The van der Waals surface area contributed by atoms with E-state index < -0.39 is 0 Å². The van der Waals surface area contributed by atoms with Crippen LogP contribution in [0.15, 0.2) is 42.6 Å². The fourth-order valence-electron chi connectivity index (χ4n) is 3.62. The van der Waals surface area contributed by atoms with Crippen molar-refractivity contribution in [3.8, 4) is 0 Å². The average molecular weight is 366 g/mol. The molecule has 0 spiro atoms. The van der Waals surface area contributed by atoms with Crippen molar-refractivity contribution in [2.45, 2.75) is 39.1 Å². The van der Waals surface area contributed by atoms with Crippen LogP contribution >= 0.6 is 0 Å². The molecule has 1 aliphatic rings. The Morgan fingerprint density at radius 1 is 1.19 bits per heavy atom. The van der Waals surface area contributed by atoms with Gasteiger partial charge < -0.3 is 4.74 Å². The zero-order valence-electron chi connectivity index (χ0n) is 16.0. The van der Waals surface area contributed by atoms with Gasteiger partial charge in [-0.05, 0) is 25.0 Å². The van der Waals surface area contributed by atoms with Gasteiger partial charge in [-0.15, -0.1) is 5.10 Å². The highest BCUT2D eigenvalue weighted by Crippen LogP contribution is 2.22. The van der Waals surface area contributed by atoms with E-state index in [4.69, 9.17) is 4.74 Å². The van der Waals surface area contributed by atoms with Gasteiger partial charge in [0, 0.05) is 26.7 Å². The molecule has 0 N–H and O–H groups in total. The second-order valence-electron chi connectivity index (χ2n) is 7.25. The summed E-state index contributed by atoms with van der Waals surface area (Å²) in [4.78, 5) is 2.45. The van der Waals surface area contributed by atoms with E-state index >= 15 is 0 Å². The molecular formula is C20H26N6O. The molecule has 1 saturated heterocycles. The first-order valence-corrected chi connectivity index (χ1v) is 9.41. The molecule has 0 amide bonds. The summed E-state index contributed by atoms with van der Waals surface area (Å²) in [6.45, 7) is 6.09. The third-order valence-electron chi connectivity index (χ3n) is 5.03. The number of hydrogen-bond donors (Lipinski definition) is 0. The fraction of sp³-hybridized carbons (Fsp3) is 0.450. The lowest BCUT2D eigenvalue weighted by atomic mass is 10.2. The van der Waals surface area contributed by atoms with Crippen molar-refractivity contribution >= 4 is 0 Å². The Balaban J connectivity index is 1.28. The number of aryl methyl sites for hydroxylation is 2. The monoisotopic (exact) mass is 366 g/mol. The van der Waals surface area contributed by atoms with Gasteiger partial charge in [0.25, 0.3) is 0 Å². The van der Waals surface area contributed by atoms with E-state index in [1.165, 1.54) is 11.3 Å². The van der Waals surface area contributed by atoms with Gasteiger partial charge in [0.1, 0.15) is 5.69 Å². The Labute approximate surface area is 159 Å². The summed E-state index contributed by atoms with van der Waals surface area (Å²) < 4.78 is 9.73. The topological polar surface area (TPSA) is 61.0 Å². The molecule has 3 aromatic rings. The summed E-state index contributed by atoms with van der Waals surface area (Å²) in [6, 6.07) is 12.7. The minimum absolute atomic E-state index is 0.370. The summed E-state index contributed by atoms with van der Waals surface area (Å²) >= 11 is 0. The predicted molar refractivity (Wildman–Crippen MR) is 102 cm³/mol. The Morgan fingerprint density at radius 3 is 2.81 bits per heavy atom. The van der Waals surface area contributed by atoms with Gasteiger partial charge in [-0.1, -0.05) is 35.5 Å². The van der Waals surface area contributed by atoms with E-state index in [1.807, 2.05) is 47.7 Å². The van der Waals surface area contributed by atoms with Crippen LogP contribution in [0.1, 0.15) is 35.1 Å². The van der Waals surface area contributed by atoms with Crippen molar-refractivity contribution in [3.63, 3.8) is 0 Å². The molecule has 7 nitrogen and oxygen atoms in total. The van der Waals surface area contributed by atoms with E-state index in [1.54, 1.807) is 0 Å². The molecule has 1 atom stereocenters. The first-order valence-electron chi connectivity index (χ1n) is 9.41. The van der Waals surface area contributed by atoms with Gasteiger partial charge in [0.05, 0.1) is 36.8 Å². The molecular weight excluding hydrogens is 340 g/mol. The number of likely N-dealkylation sites (tertiary alicyclic amines) is 1. The van der Waals surface area contributed by atoms with Crippen LogP contribution in [-0.4, -0.2) is 42.8 Å². The van der Waals surface area contributed by atoms with Gasteiger partial charge in [-0.3, -0.25) is 9.58 Å². The molecule has 1 unspecified atom stereocenters. The molecule has 0 aliphatic carbocycles. The first-order chi connectivity index (χ1) is 13.2. The van der Waals surface area contributed by atoms with Crippen LogP contribution in [0.3, 0.4) is 0 Å². The van der Waals surface area contributed by atoms with Gasteiger partial charge in [0.15, 0.2) is 0 Å². The summed E-state index contributed by atoms with van der Waals surface area (Å²) in [5.41, 5.74) is 4.37. The van der Waals surface area contributed by atoms with Crippen molar-refractivity contribution in [2.75, 3.05) is 13.1 Å². The predicted octanol–water partition coefficient (Wildman–Crippen LogP) is 2.48. The Morgan fingerprint density at radius 2 is 2.04 bits per heavy atom. The average Bonchev–Trinajstić information content (AvgIpc) is 3.37. The molecule has 2 aromatic heterocycles. The highest BCUT2D eigenvalue weighted by Gasteiger charge is 2.25. The number of hydrogen-bond acceptors (Lipinski definition) is 5. The van der Waals surface area contributed by atoms with Gasteiger partial charge >= 0.3 is 0 Å². The van der Waals surface area contributed by atoms with Crippen LogP contribution in [0.2, 0.25) is 0 Å². The molecule has 7 heteroatoms. The zero-order valence-corrected chi connectivity index (χ0v) is 16.0. The number of nitrogens with zero attached hydrogens (tertiary/aromatic N) is 6. The van der Waals surface area contributed by atoms with E-state index in [-0.39, 0.29) is 0 Å². The smallest absolute Gasteiger partial charge is 0.108 e. The Hall–Kier alpha value is -2.51. The maximum absolute atomic E-state index is 5.76. The first kappa shape index (κ1) is 17.9. The second kappa shape index (κ2) is 8.02. The lowest BCUT2D eigenvalue weighted by Gasteiger charge is -2.15. The SMILES string of the molecule is Cc1cc(CN2CCC(n3cc(COCc4ccccc4)nn3)C2)n(C)n1. The molecule has 3 heterocycles. The molecule has 4 rings (SSSR count). The standard InChI is InChI=1S/C20H26N6O/c1-16-10-20(24(2)22-16)13-25-9-8-19(12-25)26-11-18(21-23-26)15-27-14-17-6-4-3-5-7-17/h3-7,10-11,19H,8-9,12-15H2,1-2H3. The number of aromatic nitrogens is 5. The lowest BCUT2D eigenvalue weighted by Crippen LogP contribution is -2.22. The van der Waals surface area contributed by atoms with Gasteiger partial charge in [0.2, 0.25) is 0 Å². The van der Waals surface area contributed by atoms with E-state index in [2.05, 4.69) is 38.5 Å². The minimum Gasteiger partial charge on any atom is -0.370 e. The van der Waals surface area contributed by atoms with Crippen molar-refractivity contribution in [1.82, 2.24) is 29.7 Å². The third kappa shape index (κ3) is 4.43. The minimum atomic E-state index is 0.370. The quantitative estimate of drug-likeness (QED) is 0.643. The van der Waals surface area contributed by atoms with E-state index in [9.17, 15) is 0 Å². The van der Waals surface area contributed by atoms with Crippen LogP contribution in [0.4, 0.5) is 0 Å². The zero-order chi connectivity index (χ0) is 18.6. The second-order valence-corrected chi connectivity index (χ2v) is 7.25. The summed E-state index contributed by atoms with van der Waals surface area (Å²) in [5.74, 6) is 0. The highest BCUT2D eigenvalue weighted by molar-refractivity contribution is 5.13. The van der Waals surface area contributed by atoms with Crippen molar-refractivity contribution in [1.29, 1.82) is 0 Å². The normalized spacial score (nSPS) is 17.6. The molecule has 0 saturated carbocycles. The summed E-state index contributed by atoms with van der Waals surface area (Å²) in [7, 11) is 2.01. The maximum Gasteiger partial charge on any atom is 0.108 e. The number of ether oxygens (including phenoxy) is 1. The summed E-state index contributed by atoms with van der Waals surface area (Å²) in [6.07, 6.45) is 3.11. The largest absolute Gasteiger partial charge is 0.370 e. The molecule has 1 fully saturated rings. The van der Waals surface area contributed by atoms with Crippen molar-refractivity contribution < 1.29 is 4.74 Å². The molecule has 1 aliphatic heterocycles. The molecule has 0 radical (unpaired) electrons. The van der Waals surface area contributed by atoms with Crippen LogP contribution in [0.5, 0.6) is 0 Å². The van der Waals surface area contributed by atoms with Crippen molar-refractivity contribution in [3.05, 3.63) is 65.2 Å². The van der Waals surface area contributed by atoms with Gasteiger partial charge in [-0.2, -0.15) is 5.10 Å². The van der Waals surface area contributed by atoms with Crippen molar-refractivity contribution in [2.24, 2.45) is 7.05 Å². The van der Waals surface area contributed by atoms with Crippen LogP contribution in [-0.2, 0) is 31.5 Å². The molecule has 1 aromatic carbocycles. The molecule has 27 heavy (non-hydrogen) atoms. The fourth-order valence-corrected chi connectivity index (χ4v) is 3.62. The van der Waals surface area contributed by atoms with Gasteiger partial charge in [-0.25, -0.2) is 4.68 Å². The molecule has 142 valence electrons.